The molecule has 72 valence electrons. The predicted octanol–water partition coefficient (Wildman–Crippen LogP) is -1.64. The van der Waals surface area contributed by atoms with E-state index in [-0.39, 0.29) is 0 Å². The van der Waals surface area contributed by atoms with Crippen molar-refractivity contribution >= 4 is 19.4 Å². The van der Waals surface area contributed by atoms with Gasteiger partial charge in [0.25, 0.3) is 0 Å². The molecule has 0 aliphatic rings. The Kier molecular flexibility index (Phi) is 2.76. The van der Waals surface area contributed by atoms with Gasteiger partial charge in [-0.05, 0) is 0 Å². The third-order valence-electron chi connectivity index (χ3n) is 0.727. The van der Waals surface area contributed by atoms with Gasteiger partial charge in [-0.15, -0.1) is 0 Å². The van der Waals surface area contributed by atoms with Gasteiger partial charge in [0.1, 0.15) is 0 Å². The molecule has 0 bridgehead atoms. The van der Waals surface area contributed by atoms with Crippen molar-refractivity contribution in [2.75, 3.05) is 0 Å². The summed E-state index contributed by atoms with van der Waals surface area (Å²) in [5.41, 5.74) is 0. The zero-order valence-electron chi connectivity index (χ0n) is 6.61. The summed E-state index contributed by atoms with van der Waals surface area (Å²) >= 11 is 0. The van der Waals surface area contributed by atoms with Gasteiger partial charge >= 0.3 is 67.7 Å². The molecule has 0 unspecified atom stereocenters. The summed E-state index contributed by atoms with van der Waals surface area (Å²) < 4.78 is 0. The summed E-state index contributed by atoms with van der Waals surface area (Å²) in [4.78, 5) is 47.4. The molecule has 2 amide bonds. The second-order valence-corrected chi connectivity index (χ2v) is 4.72. The average molecular weight is 198 g/mol. The molecular formula is C4H11N2O5P. The third kappa shape index (κ3) is 4.97. The molecular weight excluding hydrogens is 187 g/mol. The van der Waals surface area contributed by atoms with E-state index in [1.54, 1.807) is 0 Å². The Morgan fingerprint density at radius 3 is 1.42 bits per heavy atom. The molecule has 0 saturated heterocycles. The van der Waals surface area contributed by atoms with Gasteiger partial charge in [-0.2, -0.15) is 0 Å². The first kappa shape index (κ1) is 11.2. The van der Waals surface area contributed by atoms with Gasteiger partial charge in [0.05, 0.1) is 0 Å². The fourth-order valence-corrected chi connectivity index (χ4v) is 1.82. The Morgan fingerprint density at radius 1 is 1.00 bits per heavy atom. The summed E-state index contributed by atoms with van der Waals surface area (Å²) in [6.07, 6.45) is 0. The second kappa shape index (κ2) is 2.95. The molecule has 0 radical (unpaired) electrons. The predicted molar refractivity (Wildman–Crippen MR) is 41.2 cm³/mol. The van der Waals surface area contributed by atoms with E-state index in [9.17, 15) is 9.59 Å². The van der Waals surface area contributed by atoms with E-state index in [1.807, 2.05) is 0 Å². The fraction of sp³-hybridized carbons (Fsp3) is 0.500. The minimum absolute atomic E-state index is 0.867. The quantitative estimate of drug-likeness (QED) is 0.341. The van der Waals surface area contributed by atoms with E-state index in [2.05, 4.69) is 0 Å². The Hall–Kier alpha value is -0.750. The van der Waals surface area contributed by atoms with Crippen LogP contribution in [0.25, 0.3) is 0 Å². The van der Waals surface area contributed by atoms with Crippen molar-refractivity contribution in [3.05, 3.63) is 0 Å². The van der Waals surface area contributed by atoms with Crippen LogP contribution < -0.4 is 10.2 Å². The Labute approximate surface area is 68.7 Å². The number of nitrogens with one attached hydrogen (secondary N) is 2. The first-order valence-corrected chi connectivity index (χ1v) is 5.05. The Morgan fingerprint density at radius 2 is 1.25 bits per heavy atom. The van der Waals surface area contributed by atoms with Gasteiger partial charge < -0.3 is 0 Å². The average Bonchev–Trinajstić information content (AvgIpc) is 1.49. The van der Waals surface area contributed by atoms with Crippen LogP contribution >= 0.6 is 7.59 Å². The van der Waals surface area contributed by atoms with Gasteiger partial charge in [0.2, 0.25) is 0 Å². The van der Waals surface area contributed by atoms with Gasteiger partial charge in [-0.3, -0.25) is 0 Å². The summed E-state index contributed by atoms with van der Waals surface area (Å²) in [5, 5.41) is 2.91. The molecule has 5 N–H and O–H groups in total. The summed E-state index contributed by atoms with van der Waals surface area (Å²) in [7, 11) is -5.49. The van der Waals surface area contributed by atoms with Crippen molar-refractivity contribution in [1.29, 1.82) is 0 Å². The van der Waals surface area contributed by atoms with E-state index in [4.69, 9.17) is 14.7 Å². The molecule has 0 rings (SSSR count). The summed E-state index contributed by atoms with van der Waals surface area (Å²) in [6.45, 7) is 1.93. The van der Waals surface area contributed by atoms with Crippen molar-refractivity contribution in [2.24, 2.45) is 0 Å². The number of hydrogen-bond acceptors (Lipinski definition) is 5. The molecule has 0 aliphatic heterocycles. The maximum atomic E-state index is 10.3. The van der Waals surface area contributed by atoms with Crippen LogP contribution in [0.1, 0.15) is 13.8 Å². The molecule has 0 aromatic rings. The van der Waals surface area contributed by atoms with Crippen molar-refractivity contribution in [3.8, 4) is 0 Å². The van der Waals surface area contributed by atoms with E-state index >= 15 is 0 Å². The molecule has 0 fully saturated rings. The summed E-state index contributed by atoms with van der Waals surface area (Å²) in [5.74, 6) is -1.73. The van der Waals surface area contributed by atoms with Gasteiger partial charge in [0.15, 0.2) is 0 Å². The molecule has 0 saturated carbocycles. The zero-order chi connectivity index (χ0) is 10.0. The van der Waals surface area contributed by atoms with Crippen LogP contribution in [-0.2, 0) is 9.59 Å². The second-order valence-electron chi connectivity index (χ2n) is 2.32. The molecule has 0 aliphatic carbocycles. The molecule has 0 heterocycles. The summed E-state index contributed by atoms with van der Waals surface area (Å²) in [6, 6.07) is 0. The third-order valence-corrected chi connectivity index (χ3v) is 2.18. The van der Waals surface area contributed by atoms with Gasteiger partial charge in [-0.1, -0.05) is 0 Å². The van der Waals surface area contributed by atoms with Crippen molar-refractivity contribution in [3.63, 3.8) is 0 Å². The van der Waals surface area contributed by atoms with E-state index < -0.39 is 19.4 Å². The van der Waals surface area contributed by atoms with Crippen molar-refractivity contribution in [1.82, 2.24) is 10.2 Å². The van der Waals surface area contributed by atoms with Crippen LogP contribution in [0, 0.1) is 0 Å². The van der Waals surface area contributed by atoms with Gasteiger partial charge in [-0.25, -0.2) is 0 Å². The maximum absolute atomic E-state index is 10.3. The molecule has 0 atom stereocenters. The molecule has 0 spiro atoms. The Balaban J connectivity index is 4.49. The first-order valence-electron chi connectivity index (χ1n) is 2.96. The number of carbonyl (C=O) groups excluding carboxylic acids is 2. The van der Waals surface area contributed by atoms with Crippen LogP contribution in [0.2, 0.25) is 0 Å². The molecule has 8 heteroatoms. The van der Waals surface area contributed by atoms with Crippen LogP contribution in [0.5, 0.6) is 0 Å². The van der Waals surface area contributed by atoms with Crippen LogP contribution in [-0.4, -0.2) is 26.5 Å². The first-order chi connectivity index (χ1) is 5.10. The molecule has 7 nitrogen and oxygen atoms in total. The van der Waals surface area contributed by atoms with Crippen LogP contribution in [0.15, 0.2) is 0 Å². The number of carbonyl (C=O) groups is 2. The van der Waals surface area contributed by atoms with Crippen molar-refractivity contribution in [2.45, 2.75) is 13.8 Å². The number of rotatable bonds is 2. The van der Waals surface area contributed by atoms with E-state index in [1.165, 1.54) is 10.2 Å². The topological polar surface area (TPSA) is 119 Å². The van der Waals surface area contributed by atoms with Crippen molar-refractivity contribution < 1.29 is 24.3 Å². The molecule has 0 aromatic heterocycles. The van der Waals surface area contributed by atoms with E-state index in [0.29, 0.717) is 0 Å². The zero-order valence-corrected chi connectivity index (χ0v) is 7.50. The standard InChI is InChI=1S/C4H11N2O5P/c1-3(7)5-12(9,10,11)6-4(2)8/h9-11H,1-2H3,(H,5,7)(H,6,8). The van der Waals surface area contributed by atoms with Gasteiger partial charge in [0, 0.05) is 0 Å². The number of amides is 2. The molecule has 0 aromatic carbocycles. The fourth-order valence-electron chi connectivity index (χ4n) is 0.608. The number of hydrogen-bond donors (Lipinski definition) is 5. The molecule has 12 heavy (non-hydrogen) atoms. The van der Waals surface area contributed by atoms with Crippen LogP contribution in [0.4, 0.5) is 0 Å². The minimum atomic E-state index is -5.49. The van der Waals surface area contributed by atoms with Crippen LogP contribution in [0.3, 0.4) is 0 Å². The normalized spacial score (nSPS) is 14.2. The SMILES string of the molecule is CC(=O)NP(O)(O)(O)NC(C)=O. The monoisotopic (exact) mass is 198 g/mol. The Bertz CT molecular complexity index is 199. The van der Waals surface area contributed by atoms with E-state index in [0.717, 1.165) is 13.8 Å².